The Bertz CT molecular complexity index is 1930. The SMILES string of the molecule is CCC(=O)N[C@H]1C[C@@H](n2cnc3c(NCCC(c4ccccc4)c4ccccc4)nc(NCCc4cn(CC)cn4)nc32)[C@H](O)[C@@H]1O.O=C(O)C(F)(F)F. The predicted octanol–water partition coefficient (Wildman–Crippen LogP) is 4.53. The molecule has 0 spiro atoms. The third-order valence-corrected chi connectivity index (χ3v) is 9.19. The van der Waals surface area contributed by atoms with Gasteiger partial charge in [-0.25, -0.2) is 14.8 Å². The summed E-state index contributed by atoms with van der Waals surface area (Å²) in [7, 11) is 0. The Morgan fingerprint density at radius 1 is 0.907 bits per heavy atom. The summed E-state index contributed by atoms with van der Waals surface area (Å²) in [6.07, 6.45) is 0.331. The molecule has 5 aromatic rings. The molecule has 1 aliphatic rings. The number of aliphatic hydroxyl groups is 2. The molecule has 3 aromatic heterocycles. The molecule has 3 heterocycles. The van der Waals surface area contributed by atoms with Crippen molar-refractivity contribution in [2.75, 3.05) is 23.7 Å². The highest BCUT2D eigenvalue weighted by atomic mass is 19.4. The van der Waals surface area contributed by atoms with E-state index in [1.807, 2.05) is 29.2 Å². The monoisotopic (exact) mass is 751 g/mol. The third kappa shape index (κ3) is 9.90. The molecule has 1 saturated carbocycles. The number of rotatable bonds is 14. The molecule has 54 heavy (non-hydrogen) atoms. The van der Waals surface area contributed by atoms with Crippen molar-refractivity contribution in [2.45, 2.75) is 82.5 Å². The molecule has 0 unspecified atom stereocenters. The average Bonchev–Trinajstić information content (AvgIpc) is 3.88. The number of carbonyl (C=O) groups is 2. The van der Waals surface area contributed by atoms with Crippen LogP contribution in [-0.4, -0.2) is 93.8 Å². The van der Waals surface area contributed by atoms with Gasteiger partial charge in [-0.15, -0.1) is 0 Å². The Balaban J connectivity index is 0.000000730. The summed E-state index contributed by atoms with van der Waals surface area (Å²) in [5.41, 5.74) is 4.55. The highest BCUT2D eigenvalue weighted by Gasteiger charge is 2.44. The summed E-state index contributed by atoms with van der Waals surface area (Å²) in [5.74, 6) is -1.75. The normalized spacial score (nSPS) is 18.3. The molecule has 2 aromatic carbocycles. The van der Waals surface area contributed by atoms with Crippen LogP contribution in [0, 0.1) is 0 Å². The third-order valence-electron chi connectivity index (χ3n) is 9.19. The number of benzene rings is 2. The second-order valence-corrected chi connectivity index (χ2v) is 12.8. The van der Waals surface area contributed by atoms with E-state index in [2.05, 4.69) is 81.4 Å². The van der Waals surface area contributed by atoms with E-state index in [0.29, 0.717) is 55.3 Å². The standard InChI is InChI=1S/C35H43N9O3.C2HF3O2/c1-3-29(45)40-27-19-28(32(47)31(27)46)44-22-39-30-33(41-35(42-34(30)44)37-17-15-25-20-43(4-2)21-38-25)36-18-16-26(23-11-7-5-8-12-23)24-13-9-6-10-14-24;3-2(4,5)1(6)7/h5-14,20-22,26-28,31-32,46-47H,3-4,15-19H2,1-2H3,(H,40,45)(H2,36,37,41,42);(H,6,7)/t27-,28+,31+,32-;/m0./s1. The van der Waals surface area contributed by atoms with Crippen LogP contribution in [0.15, 0.2) is 79.5 Å². The van der Waals surface area contributed by atoms with Crippen LogP contribution in [0.2, 0.25) is 0 Å². The molecular weight excluding hydrogens is 707 g/mol. The van der Waals surface area contributed by atoms with Crippen LogP contribution in [-0.2, 0) is 22.6 Å². The smallest absolute Gasteiger partial charge is 0.475 e. The maximum Gasteiger partial charge on any atom is 0.490 e. The molecule has 14 nitrogen and oxygen atoms in total. The van der Waals surface area contributed by atoms with Crippen LogP contribution in [0.5, 0.6) is 0 Å². The van der Waals surface area contributed by atoms with Crippen molar-refractivity contribution in [3.63, 3.8) is 0 Å². The number of fused-ring (bicyclic) bond motifs is 1. The number of hydrogen-bond donors (Lipinski definition) is 6. The summed E-state index contributed by atoms with van der Waals surface area (Å²) in [4.78, 5) is 39.8. The number of nitrogens with zero attached hydrogens (tertiary/aromatic N) is 6. The van der Waals surface area contributed by atoms with Gasteiger partial charge < -0.3 is 40.4 Å². The Morgan fingerprint density at radius 2 is 1.56 bits per heavy atom. The first-order valence-corrected chi connectivity index (χ1v) is 17.7. The number of halogens is 3. The van der Waals surface area contributed by atoms with Crippen LogP contribution in [0.4, 0.5) is 24.9 Å². The molecule has 1 fully saturated rings. The zero-order chi connectivity index (χ0) is 38.8. The number of nitrogens with one attached hydrogen (secondary N) is 3. The lowest BCUT2D eigenvalue weighted by Gasteiger charge is -2.19. The minimum absolute atomic E-state index is 0.175. The number of alkyl halides is 3. The topological polar surface area (TPSA) is 192 Å². The minimum atomic E-state index is -5.08. The van der Waals surface area contributed by atoms with Crippen LogP contribution in [0.25, 0.3) is 11.2 Å². The van der Waals surface area contributed by atoms with Gasteiger partial charge in [0.2, 0.25) is 11.9 Å². The number of imidazole rings is 2. The molecule has 0 aliphatic heterocycles. The van der Waals surface area contributed by atoms with E-state index in [0.717, 1.165) is 18.7 Å². The number of anilines is 2. The van der Waals surface area contributed by atoms with Gasteiger partial charge in [0.25, 0.3) is 0 Å². The summed E-state index contributed by atoms with van der Waals surface area (Å²) >= 11 is 0. The lowest BCUT2D eigenvalue weighted by molar-refractivity contribution is -0.192. The first kappa shape index (κ1) is 39.7. The predicted molar refractivity (Wildman–Crippen MR) is 195 cm³/mol. The van der Waals surface area contributed by atoms with Crippen molar-refractivity contribution in [2.24, 2.45) is 0 Å². The van der Waals surface area contributed by atoms with Crippen LogP contribution in [0.3, 0.4) is 0 Å². The van der Waals surface area contributed by atoms with Gasteiger partial charge in [0, 0.05) is 44.6 Å². The van der Waals surface area contributed by atoms with Crippen molar-refractivity contribution in [3.05, 3.63) is 96.3 Å². The second-order valence-electron chi connectivity index (χ2n) is 12.8. The molecule has 1 aliphatic carbocycles. The van der Waals surface area contributed by atoms with Gasteiger partial charge in [0.15, 0.2) is 17.0 Å². The number of aromatic nitrogens is 6. The number of aliphatic carboxylic acids is 1. The first-order chi connectivity index (χ1) is 25.9. The van der Waals surface area contributed by atoms with E-state index < -0.39 is 36.4 Å². The van der Waals surface area contributed by atoms with E-state index in [1.165, 1.54) is 11.1 Å². The van der Waals surface area contributed by atoms with Gasteiger partial charge in [-0.2, -0.15) is 23.1 Å². The zero-order valence-corrected chi connectivity index (χ0v) is 29.8. The summed E-state index contributed by atoms with van der Waals surface area (Å²) in [6.45, 7) is 5.88. The van der Waals surface area contributed by atoms with Crippen molar-refractivity contribution in [1.29, 1.82) is 0 Å². The van der Waals surface area contributed by atoms with Crippen molar-refractivity contribution in [3.8, 4) is 0 Å². The Morgan fingerprint density at radius 3 is 2.13 bits per heavy atom. The fraction of sp³-hybridized carbons (Fsp3) is 0.405. The molecule has 17 heteroatoms. The fourth-order valence-corrected chi connectivity index (χ4v) is 6.34. The summed E-state index contributed by atoms with van der Waals surface area (Å²) in [5, 5.41) is 38.7. The lowest BCUT2D eigenvalue weighted by atomic mass is 9.88. The maximum atomic E-state index is 12.1. The summed E-state index contributed by atoms with van der Waals surface area (Å²) < 4.78 is 35.6. The zero-order valence-electron chi connectivity index (χ0n) is 29.8. The molecule has 1 amide bonds. The Kier molecular flexibility index (Phi) is 13.2. The van der Waals surface area contributed by atoms with E-state index in [9.17, 15) is 28.2 Å². The van der Waals surface area contributed by atoms with E-state index in [-0.39, 0.29) is 11.8 Å². The number of aryl methyl sites for hydroxylation is 1. The van der Waals surface area contributed by atoms with Crippen molar-refractivity contribution < 1.29 is 38.1 Å². The lowest BCUT2D eigenvalue weighted by Crippen LogP contribution is -2.42. The summed E-state index contributed by atoms with van der Waals surface area (Å²) in [6, 6.07) is 19.8. The molecule has 0 saturated heterocycles. The van der Waals surface area contributed by atoms with Gasteiger partial charge >= 0.3 is 12.1 Å². The van der Waals surface area contributed by atoms with E-state index >= 15 is 0 Å². The first-order valence-electron chi connectivity index (χ1n) is 17.7. The number of hydrogen-bond acceptors (Lipinski definition) is 10. The van der Waals surface area contributed by atoms with Crippen molar-refractivity contribution >= 4 is 34.8 Å². The van der Waals surface area contributed by atoms with E-state index in [4.69, 9.17) is 19.9 Å². The molecule has 288 valence electrons. The molecule has 0 bridgehead atoms. The van der Waals surface area contributed by atoms with Crippen LogP contribution < -0.4 is 16.0 Å². The van der Waals surface area contributed by atoms with Gasteiger partial charge in [0.1, 0.15) is 12.2 Å². The fourth-order valence-electron chi connectivity index (χ4n) is 6.34. The molecule has 4 atom stereocenters. The van der Waals surface area contributed by atoms with E-state index in [1.54, 1.807) is 17.8 Å². The molecule has 6 N–H and O–H groups in total. The van der Waals surface area contributed by atoms with Crippen LogP contribution in [0.1, 0.15) is 61.9 Å². The number of carboxylic acids is 1. The molecule has 6 rings (SSSR count). The largest absolute Gasteiger partial charge is 0.490 e. The minimum Gasteiger partial charge on any atom is -0.475 e. The number of carboxylic acid groups (broad SMARTS) is 1. The van der Waals surface area contributed by atoms with Gasteiger partial charge in [0.05, 0.1) is 30.4 Å². The number of aliphatic hydroxyl groups excluding tert-OH is 2. The van der Waals surface area contributed by atoms with Gasteiger partial charge in [-0.3, -0.25) is 4.79 Å². The molecular formula is C37H44F3N9O5. The highest BCUT2D eigenvalue weighted by Crippen LogP contribution is 2.35. The molecule has 0 radical (unpaired) electrons. The van der Waals surface area contributed by atoms with Gasteiger partial charge in [-0.1, -0.05) is 67.6 Å². The highest BCUT2D eigenvalue weighted by molar-refractivity contribution is 5.84. The Hall–Kier alpha value is -5.55. The van der Waals surface area contributed by atoms with Crippen LogP contribution >= 0.6 is 0 Å². The second kappa shape index (κ2) is 18.0. The number of carbonyl (C=O) groups excluding carboxylic acids is 1. The van der Waals surface area contributed by atoms with Crippen molar-refractivity contribution in [1.82, 2.24) is 34.4 Å². The maximum absolute atomic E-state index is 12.1. The quantitative estimate of drug-likeness (QED) is 0.0935. The average molecular weight is 752 g/mol. The van der Waals surface area contributed by atoms with Gasteiger partial charge in [-0.05, 0) is 30.9 Å². The Labute approximate surface area is 309 Å². The number of amides is 1.